The van der Waals surface area contributed by atoms with Crippen LogP contribution in [0.25, 0.3) is 0 Å². The molecule has 0 radical (unpaired) electrons. The lowest BCUT2D eigenvalue weighted by Gasteiger charge is -2.35. The third kappa shape index (κ3) is 4.94. The maximum Gasteiger partial charge on any atom is 0.308 e. The number of carbonyl (C=O) groups is 1. The third-order valence-corrected chi connectivity index (χ3v) is 2.15. The molecule has 1 atom stereocenters. The third-order valence-electron chi connectivity index (χ3n) is 2.15. The molecule has 1 unspecified atom stereocenters. The minimum atomic E-state index is -0.592. The molecule has 0 aliphatic carbocycles. The van der Waals surface area contributed by atoms with Gasteiger partial charge in [0.25, 0.3) is 0 Å². The number of esters is 1. The number of hydrogen-bond donors (Lipinski definition) is 0. The van der Waals surface area contributed by atoms with E-state index in [1.807, 2.05) is 34.6 Å². The van der Waals surface area contributed by atoms with E-state index >= 15 is 0 Å². The van der Waals surface area contributed by atoms with Crippen molar-refractivity contribution in [3.05, 3.63) is 0 Å². The Bertz CT molecular complexity index is 252. The molecular weight excluding hydrogens is 208 g/mol. The fraction of sp³-hybridized carbons (Fsp3) is 0.917. The Kier molecular flexibility index (Phi) is 3.97. The van der Waals surface area contributed by atoms with Crippen molar-refractivity contribution in [2.45, 2.75) is 65.0 Å². The molecule has 1 rings (SSSR count). The van der Waals surface area contributed by atoms with Gasteiger partial charge in [0.15, 0.2) is 5.79 Å². The predicted molar refractivity (Wildman–Crippen MR) is 60.0 cm³/mol. The maximum atomic E-state index is 11.6. The van der Waals surface area contributed by atoms with Crippen LogP contribution in [0, 0.1) is 0 Å². The lowest BCUT2D eigenvalue weighted by Crippen LogP contribution is -2.41. The van der Waals surface area contributed by atoms with E-state index in [4.69, 9.17) is 14.2 Å². The van der Waals surface area contributed by atoms with Crippen LogP contribution in [0.4, 0.5) is 0 Å². The van der Waals surface area contributed by atoms with Crippen LogP contribution in [-0.2, 0) is 19.0 Å². The maximum absolute atomic E-state index is 11.6. The van der Waals surface area contributed by atoms with Crippen LogP contribution in [0.5, 0.6) is 0 Å². The van der Waals surface area contributed by atoms with Gasteiger partial charge in [-0.25, -0.2) is 0 Å². The number of carbonyl (C=O) groups excluding carboxylic acids is 1. The van der Waals surface area contributed by atoms with Gasteiger partial charge in [-0.3, -0.25) is 4.79 Å². The molecule has 1 aliphatic rings. The smallest absolute Gasteiger partial charge is 0.308 e. The molecule has 1 aliphatic heterocycles. The molecule has 0 bridgehead atoms. The summed E-state index contributed by atoms with van der Waals surface area (Å²) in [4.78, 5) is 11.6. The van der Waals surface area contributed by atoms with Crippen molar-refractivity contribution < 1.29 is 19.0 Å². The van der Waals surface area contributed by atoms with Gasteiger partial charge in [0.2, 0.25) is 0 Å². The van der Waals surface area contributed by atoms with E-state index in [9.17, 15) is 4.79 Å². The van der Waals surface area contributed by atoms with Crippen LogP contribution in [-0.4, -0.2) is 30.1 Å². The summed E-state index contributed by atoms with van der Waals surface area (Å²) in [5, 5.41) is 0. The summed E-state index contributed by atoms with van der Waals surface area (Å²) in [5.74, 6) is -0.805. The predicted octanol–water partition coefficient (Wildman–Crippen LogP) is 2.26. The van der Waals surface area contributed by atoms with Gasteiger partial charge < -0.3 is 14.2 Å². The summed E-state index contributed by atoms with van der Waals surface area (Å²) in [7, 11) is 0. The van der Waals surface area contributed by atoms with Crippen molar-refractivity contribution in [2.75, 3.05) is 6.61 Å². The van der Waals surface area contributed by atoms with Crippen molar-refractivity contribution >= 4 is 5.97 Å². The Morgan fingerprint density at radius 1 is 1.44 bits per heavy atom. The average Bonchev–Trinajstić information content (AvgIpc) is 1.96. The summed E-state index contributed by atoms with van der Waals surface area (Å²) in [6, 6.07) is 0. The second-order valence-electron chi connectivity index (χ2n) is 5.57. The van der Waals surface area contributed by atoms with E-state index < -0.39 is 11.4 Å². The molecule has 0 aromatic carbocycles. The fourth-order valence-electron chi connectivity index (χ4n) is 1.64. The van der Waals surface area contributed by atoms with Gasteiger partial charge in [-0.1, -0.05) is 0 Å². The molecule has 0 aromatic heterocycles. The first kappa shape index (κ1) is 13.5. The summed E-state index contributed by atoms with van der Waals surface area (Å²) in [6.45, 7) is 9.92. The molecule has 4 heteroatoms. The molecule has 16 heavy (non-hydrogen) atoms. The summed E-state index contributed by atoms with van der Waals surface area (Å²) >= 11 is 0. The Labute approximate surface area is 97.2 Å². The Hall–Kier alpha value is -0.610. The van der Waals surface area contributed by atoms with Crippen LogP contribution < -0.4 is 0 Å². The first-order valence-electron chi connectivity index (χ1n) is 5.72. The second kappa shape index (κ2) is 4.72. The van der Waals surface area contributed by atoms with Gasteiger partial charge in [0.1, 0.15) is 5.60 Å². The highest BCUT2D eigenvalue weighted by molar-refractivity contribution is 5.70. The first-order valence-corrected chi connectivity index (χ1v) is 5.72. The highest BCUT2D eigenvalue weighted by Crippen LogP contribution is 2.24. The van der Waals surface area contributed by atoms with E-state index in [0.717, 1.165) is 6.42 Å². The van der Waals surface area contributed by atoms with E-state index in [1.54, 1.807) is 0 Å². The van der Waals surface area contributed by atoms with E-state index in [2.05, 4.69) is 0 Å². The molecule has 4 nitrogen and oxygen atoms in total. The normalized spacial score (nSPS) is 25.2. The zero-order chi connectivity index (χ0) is 12.4. The monoisotopic (exact) mass is 230 g/mol. The Balaban J connectivity index is 2.40. The average molecular weight is 230 g/mol. The largest absolute Gasteiger partial charge is 0.460 e. The molecular formula is C12H22O4. The summed E-state index contributed by atoms with van der Waals surface area (Å²) in [6.07, 6.45) is 0.936. The van der Waals surface area contributed by atoms with E-state index in [-0.39, 0.29) is 12.1 Å². The van der Waals surface area contributed by atoms with Crippen molar-refractivity contribution in [1.29, 1.82) is 0 Å². The van der Waals surface area contributed by atoms with Crippen molar-refractivity contribution in [1.82, 2.24) is 0 Å². The van der Waals surface area contributed by atoms with Crippen LogP contribution in [0.2, 0.25) is 0 Å². The van der Waals surface area contributed by atoms with Gasteiger partial charge in [-0.05, 0) is 41.0 Å². The van der Waals surface area contributed by atoms with Crippen LogP contribution in [0.1, 0.15) is 47.5 Å². The topological polar surface area (TPSA) is 44.8 Å². The lowest BCUT2D eigenvalue weighted by atomic mass is 10.1. The highest BCUT2D eigenvalue weighted by atomic mass is 16.7. The van der Waals surface area contributed by atoms with Crippen molar-refractivity contribution in [3.8, 4) is 0 Å². The van der Waals surface area contributed by atoms with Gasteiger partial charge in [-0.15, -0.1) is 0 Å². The summed E-state index contributed by atoms with van der Waals surface area (Å²) in [5.41, 5.74) is -0.433. The molecule has 94 valence electrons. The fourth-order valence-corrected chi connectivity index (χ4v) is 1.64. The zero-order valence-corrected chi connectivity index (χ0v) is 10.8. The molecule has 1 saturated heterocycles. The first-order chi connectivity index (χ1) is 7.18. The van der Waals surface area contributed by atoms with Crippen LogP contribution in [0.15, 0.2) is 0 Å². The lowest BCUT2D eigenvalue weighted by molar-refractivity contribution is -0.274. The molecule has 0 N–H and O–H groups in total. The van der Waals surface area contributed by atoms with Gasteiger partial charge in [-0.2, -0.15) is 0 Å². The second-order valence-corrected chi connectivity index (χ2v) is 5.57. The van der Waals surface area contributed by atoms with Gasteiger partial charge in [0.05, 0.1) is 19.1 Å². The molecule has 1 heterocycles. The molecule has 0 amide bonds. The number of hydrogen-bond acceptors (Lipinski definition) is 4. The Morgan fingerprint density at radius 3 is 2.56 bits per heavy atom. The van der Waals surface area contributed by atoms with Crippen LogP contribution >= 0.6 is 0 Å². The molecule has 0 saturated carbocycles. The standard InChI is InChI=1S/C12H22O4/c1-11(2,3)16-10(13)8-9-6-7-14-12(4,5)15-9/h9H,6-8H2,1-5H3. The Morgan fingerprint density at radius 2 is 2.06 bits per heavy atom. The molecule has 1 fully saturated rings. The van der Waals surface area contributed by atoms with E-state index in [0.29, 0.717) is 13.0 Å². The number of ether oxygens (including phenoxy) is 3. The number of rotatable bonds is 2. The molecule has 0 spiro atoms. The highest BCUT2D eigenvalue weighted by Gasteiger charge is 2.31. The van der Waals surface area contributed by atoms with Gasteiger partial charge in [0, 0.05) is 0 Å². The van der Waals surface area contributed by atoms with E-state index in [1.165, 1.54) is 0 Å². The quantitative estimate of drug-likeness (QED) is 0.683. The minimum absolute atomic E-state index is 0.0985. The van der Waals surface area contributed by atoms with Crippen molar-refractivity contribution in [2.24, 2.45) is 0 Å². The molecule has 0 aromatic rings. The SMILES string of the molecule is CC(C)(C)OC(=O)CC1CCOC(C)(C)O1. The zero-order valence-electron chi connectivity index (χ0n) is 10.8. The summed E-state index contributed by atoms with van der Waals surface area (Å²) < 4.78 is 16.3. The van der Waals surface area contributed by atoms with Crippen molar-refractivity contribution in [3.63, 3.8) is 0 Å². The minimum Gasteiger partial charge on any atom is -0.460 e. The van der Waals surface area contributed by atoms with Gasteiger partial charge >= 0.3 is 5.97 Å². The van der Waals surface area contributed by atoms with Crippen LogP contribution in [0.3, 0.4) is 0 Å².